The van der Waals surface area contributed by atoms with Crippen LogP contribution >= 0.6 is 0 Å². The van der Waals surface area contributed by atoms with Crippen molar-refractivity contribution in [1.82, 2.24) is 5.32 Å². The number of rotatable bonds is 3. The second-order valence-corrected chi connectivity index (χ2v) is 4.23. The molecule has 108 valence electrons. The summed E-state index contributed by atoms with van der Waals surface area (Å²) in [6.45, 7) is 1.37. The molecule has 7 heteroatoms. The number of halogens is 6. The van der Waals surface area contributed by atoms with Crippen LogP contribution in [0.5, 0.6) is 0 Å². The van der Waals surface area contributed by atoms with Crippen molar-refractivity contribution < 1.29 is 26.3 Å². The fourth-order valence-corrected chi connectivity index (χ4v) is 1.84. The van der Waals surface area contributed by atoms with Gasteiger partial charge in [-0.1, -0.05) is 6.07 Å². The summed E-state index contributed by atoms with van der Waals surface area (Å²) >= 11 is 0. The van der Waals surface area contributed by atoms with Crippen molar-refractivity contribution >= 4 is 0 Å². The van der Waals surface area contributed by atoms with Gasteiger partial charge in [-0.25, -0.2) is 0 Å². The van der Waals surface area contributed by atoms with E-state index in [0.29, 0.717) is 0 Å². The Morgan fingerprint density at radius 1 is 1.11 bits per heavy atom. The number of benzene rings is 1. The van der Waals surface area contributed by atoms with Crippen LogP contribution in [-0.4, -0.2) is 13.2 Å². The van der Waals surface area contributed by atoms with E-state index in [4.69, 9.17) is 0 Å². The van der Waals surface area contributed by atoms with E-state index in [0.717, 1.165) is 18.2 Å². The fraction of sp³-hybridized carbons (Fsp3) is 0.500. The summed E-state index contributed by atoms with van der Waals surface area (Å²) in [5, 5.41) is 2.47. The van der Waals surface area contributed by atoms with Crippen molar-refractivity contribution in [2.45, 2.75) is 31.7 Å². The Balaban J connectivity index is 3.07. The van der Waals surface area contributed by atoms with Crippen LogP contribution in [-0.2, 0) is 6.18 Å². The normalized spacial score (nSPS) is 14.5. The highest BCUT2D eigenvalue weighted by Crippen LogP contribution is 2.34. The zero-order chi connectivity index (χ0) is 14.8. The van der Waals surface area contributed by atoms with Crippen LogP contribution in [0.4, 0.5) is 26.3 Å². The average Bonchev–Trinajstić information content (AvgIpc) is 2.23. The van der Waals surface area contributed by atoms with E-state index < -0.39 is 30.4 Å². The first-order valence-corrected chi connectivity index (χ1v) is 5.46. The molecule has 1 aromatic rings. The lowest BCUT2D eigenvalue weighted by Gasteiger charge is -2.21. The highest BCUT2D eigenvalue weighted by molar-refractivity contribution is 5.34. The topological polar surface area (TPSA) is 12.0 Å². The molecular formula is C12H13F6N. The van der Waals surface area contributed by atoms with Crippen LogP contribution in [0, 0.1) is 6.92 Å². The maximum atomic E-state index is 12.5. The van der Waals surface area contributed by atoms with Gasteiger partial charge in [0.05, 0.1) is 12.0 Å². The molecule has 1 nitrogen and oxygen atoms in total. The first kappa shape index (κ1) is 15.8. The molecule has 1 rings (SSSR count). The van der Waals surface area contributed by atoms with E-state index in [1.54, 1.807) is 0 Å². The van der Waals surface area contributed by atoms with Gasteiger partial charge < -0.3 is 5.32 Å². The number of hydrogen-bond acceptors (Lipinski definition) is 1. The molecule has 0 amide bonds. The third kappa shape index (κ3) is 4.41. The highest BCUT2D eigenvalue weighted by atomic mass is 19.4. The van der Waals surface area contributed by atoms with Gasteiger partial charge in [-0.3, -0.25) is 0 Å². The van der Waals surface area contributed by atoms with Gasteiger partial charge in [-0.05, 0) is 37.2 Å². The Labute approximate surface area is 106 Å². The zero-order valence-corrected chi connectivity index (χ0v) is 10.3. The van der Waals surface area contributed by atoms with Crippen molar-refractivity contribution in [2.24, 2.45) is 0 Å². The molecule has 0 saturated carbocycles. The summed E-state index contributed by atoms with van der Waals surface area (Å²) < 4.78 is 74.5. The molecule has 0 saturated heterocycles. The van der Waals surface area contributed by atoms with Crippen molar-refractivity contribution in [2.75, 3.05) is 7.05 Å². The van der Waals surface area contributed by atoms with Crippen LogP contribution in [0.1, 0.15) is 29.2 Å². The average molecular weight is 285 g/mol. The predicted molar refractivity (Wildman–Crippen MR) is 58.7 cm³/mol. The van der Waals surface area contributed by atoms with Gasteiger partial charge in [-0.2, -0.15) is 26.3 Å². The van der Waals surface area contributed by atoms with Crippen LogP contribution in [0.3, 0.4) is 0 Å². The largest absolute Gasteiger partial charge is 0.416 e. The van der Waals surface area contributed by atoms with Crippen LogP contribution < -0.4 is 5.32 Å². The summed E-state index contributed by atoms with van der Waals surface area (Å²) in [7, 11) is 1.34. The molecule has 1 aromatic carbocycles. The molecule has 0 fully saturated rings. The quantitative estimate of drug-likeness (QED) is 0.820. The van der Waals surface area contributed by atoms with E-state index in [1.165, 1.54) is 14.0 Å². The molecule has 0 aliphatic carbocycles. The lowest BCUT2D eigenvalue weighted by molar-refractivity contribution is -0.141. The van der Waals surface area contributed by atoms with Crippen LogP contribution in [0.25, 0.3) is 0 Å². The molecule has 0 radical (unpaired) electrons. The standard InChI is InChI=1S/C12H13F6N/c1-7-5-8(12(16,17)18)3-4-9(7)10(19-2)6-11(13,14)15/h3-5,10,19H,6H2,1-2H3. The number of aryl methyl sites for hydroxylation is 1. The molecule has 0 aliphatic rings. The summed E-state index contributed by atoms with van der Waals surface area (Å²) in [6.07, 6.45) is -10.0. The van der Waals surface area contributed by atoms with Gasteiger partial charge in [0.25, 0.3) is 0 Å². The minimum atomic E-state index is -4.50. The Hall–Kier alpha value is -1.24. The molecule has 0 bridgehead atoms. The molecule has 0 spiro atoms. The second kappa shape index (κ2) is 5.40. The lowest BCUT2D eigenvalue weighted by Crippen LogP contribution is -2.24. The van der Waals surface area contributed by atoms with E-state index in [1.807, 2.05) is 0 Å². The molecule has 1 atom stereocenters. The summed E-state index contributed by atoms with van der Waals surface area (Å²) in [5.74, 6) is 0. The van der Waals surface area contributed by atoms with Gasteiger partial charge in [-0.15, -0.1) is 0 Å². The molecule has 0 aromatic heterocycles. The highest BCUT2D eigenvalue weighted by Gasteiger charge is 2.34. The third-order valence-electron chi connectivity index (χ3n) is 2.76. The monoisotopic (exact) mass is 285 g/mol. The van der Waals surface area contributed by atoms with Crippen LogP contribution in [0.2, 0.25) is 0 Å². The second-order valence-electron chi connectivity index (χ2n) is 4.23. The maximum Gasteiger partial charge on any atom is 0.416 e. The number of hydrogen-bond donors (Lipinski definition) is 1. The van der Waals surface area contributed by atoms with Crippen molar-refractivity contribution in [3.8, 4) is 0 Å². The van der Waals surface area contributed by atoms with Crippen molar-refractivity contribution in [1.29, 1.82) is 0 Å². The number of nitrogens with one attached hydrogen (secondary N) is 1. The number of alkyl halides is 6. The van der Waals surface area contributed by atoms with Crippen LogP contribution in [0.15, 0.2) is 18.2 Å². The van der Waals surface area contributed by atoms with Crippen molar-refractivity contribution in [3.05, 3.63) is 34.9 Å². The Bertz CT molecular complexity index is 435. The van der Waals surface area contributed by atoms with Gasteiger partial charge in [0.2, 0.25) is 0 Å². The Morgan fingerprint density at radius 2 is 1.68 bits per heavy atom. The Morgan fingerprint density at radius 3 is 2.05 bits per heavy atom. The minimum Gasteiger partial charge on any atom is -0.313 e. The zero-order valence-electron chi connectivity index (χ0n) is 10.3. The van der Waals surface area contributed by atoms with Gasteiger partial charge >= 0.3 is 12.4 Å². The van der Waals surface area contributed by atoms with E-state index in [2.05, 4.69) is 5.32 Å². The van der Waals surface area contributed by atoms with E-state index >= 15 is 0 Å². The molecular weight excluding hydrogens is 272 g/mol. The maximum absolute atomic E-state index is 12.5. The minimum absolute atomic E-state index is 0.179. The smallest absolute Gasteiger partial charge is 0.313 e. The molecule has 0 heterocycles. The lowest BCUT2D eigenvalue weighted by atomic mass is 9.96. The van der Waals surface area contributed by atoms with Crippen molar-refractivity contribution in [3.63, 3.8) is 0 Å². The predicted octanol–water partition coefficient (Wildman–Crippen LogP) is 4.23. The molecule has 19 heavy (non-hydrogen) atoms. The summed E-state index contributed by atoms with van der Waals surface area (Å²) in [6, 6.07) is 1.69. The molecule has 1 N–H and O–H groups in total. The third-order valence-corrected chi connectivity index (χ3v) is 2.76. The van der Waals surface area contributed by atoms with E-state index in [9.17, 15) is 26.3 Å². The Kier molecular flexibility index (Phi) is 4.50. The SMILES string of the molecule is CNC(CC(F)(F)F)c1ccc(C(F)(F)F)cc1C. The first-order valence-electron chi connectivity index (χ1n) is 5.46. The van der Waals surface area contributed by atoms with Gasteiger partial charge in [0, 0.05) is 6.04 Å². The summed E-state index contributed by atoms with van der Waals surface area (Å²) in [5.41, 5.74) is -0.470. The summed E-state index contributed by atoms with van der Waals surface area (Å²) in [4.78, 5) is 0. The fourth-order valence-electron chi connectivity index (χ4n) is 1.84. The molecule has 1 unspecified atom stereocenters. The van der Waals surface area contributed by atoms with E-state index in [-0.39, 0.29) is 11.1 Å². The van der Waals surface area contributed by atoms with Gasteiger partial charge in [0.15, 0.2) is 0 Å². The van der Waals surface area contributed by atoms with Gasteiger partial charge in [0.1, 0.15) is 0 Å². The first-order chi connectivity index (χ1) is 8.54. The molecule has 0 aliphatic heterocycles.